The van der Waals surface area contributed by atoms with Crippen molar-refractivity contribution in [2.24, 2.45) is 0 Å². The number of rotatable bonds is 59. The molecule has 466 valence electrons. The van der Waals surface area contributed by atoms with Crippen molar-refractivity contribution in [1.82, 2.24) is 0 Å². The molecule has 0 radical (unpaired) electrons. The van der Waals surface area contributed by atoms with E-state index in [4.69, 9.17) is 18.9 Å². The third kappa shape index (κ3) is 63.0. The van der Waals surface area contributed by atoms with E-state index in [1.54, 1.807) is 0 Å². The molecule has 0 heterocycles. The Hall–Kier alpha value is -4.57. The number of hydrogen-bond donors (Lipinski definition) is 1. The van der Waals surface area contributed by atoms with E-state index in [1.807, 2.05) is 21.1 Å². The first-order valence-corrected chi connectivity index (χ1v) is 32.8. The average molecular weight is 1140 g/mol. The summed E-state index contributed by atoms with van der Waals surface area (Å²) < 4.78 is 22.9. The molecule has 0 aliphatic heterocycles. The summed E-state index contributed by atoms with van der Waals surface area (Å²) in [6.07, 6.45) is 86.9. The third-order valence-electron chi connectivity index (χ3n) is 13.6. The summed E-state index contributed by atoms with van der Waals surface area (Å²) in [7, 11) is 5.96. The molecule has 0 aromatic heterocycles. The standard InChI is InChI=1S/C73H121NO8/c1-6-8-10-12-14-16-18-20-22-24-26-27-28-29-30-31-32-33-34-35-36-37-38-39-40-41-42-43-44-45-46-48-50-52-54-56-58-60-62-64-71(76)82-69(68-81-73(72(77)78)79-66-65-74(3,4)5)67-80-70(75)63-61-59-57-55-53-51-49-47-25-23-21-19-17-15-13-11-9-7-2/h8,10,14,16-17,19-20,22-23,25-27,29-30,32-33,35-36,38-39,41-42,69,73H,6-7,9,11-13,15,18,21,24,28,31,34,37,40,43-68H2,1-5H3/p+1/b10-8-,16-14-,19-17-,22-20-,25-23-,27-26-,30-29-,33-32-,36-35-,39-38-,42-41-. The summed E-state index contributed by atoms with van der Waals surface area (Å²) in [5.41, 5.74) is 0. The normalized spacial score (nSPS) is 13.6. The monoisotopic (exact) mass is 1140 g/mol. The minimum absolute atomic E-state index is 0.180. The maximum atomic E-state index is 12.9. The number of carbonyl (C=O) groups is 3. The van der Waals surface area contributed by atoms with Crippen LogP contribution >= 0.6 is 0 Å². The van der Waals surface area contributed by atoms with Gasteiger partial charge in [0.2, 0.25) is 0 Å². The molecule has 9 heteroatoms. The molecule has 9 nitrogen and oxygen atoms in total. The molecule has 0 saturated carbocycles. The van der Waals surface area contributed by atoms with Crippen LogP contribution in [-0.2, 0) is 33.3 Å². The number of likely N-dealkylation sites (N-methyl/N-ethyl adjacent to an activating group) is 1. The van der Waals surface area contributed by atoms with Crippen molar-refractivity contribution < 1.29 is 42.9 Å². The maximum Gasteiger partial charge on any atom is 0.361 e. The van der Waals surface area contributed by atoms with Gasteiger partial charge in [0.1, 0.15) is 13.2 Å². The number of quaternary nitrogens is 1. The van der Waals surface area contributed by atoms with Crippen molar-refractivity contribution in [3.8, 4) is 0 Å². The van der Waals surface area contributed by atoms with E-state index in [9.17, 15) is 19.5 Å². The molecule has 82 heavy (non-hydrogen) atoms. The van der Waals surface area contributed by atoms with Crippen LogP contribution in [0.25, 0.3) is 0 Å². The minimum Gasteiger partial charge on any atom is -0.477 e. The zero-order chi connectivity index (χ0) is 59.8. The van der Waals surface area contributed by atoms with Crippen molar-refractivity contribution >= 4 is 17.9 Å². The van der Waals surface area contributed by atoms with Gasteiger partial charge >= 0.3 is 17.9 Å². The van der Waals surface area contributed by atoms with Crippen molar-refractivity contribution in [2.45, 2.75) is 264 Å². The Kier molecular flexibility index (Phi) is 59.0. The zero-order valence-corrected chi connectivity index (χ0v) is 53.1. The number of carboxylic acids is 1. The molecule has 0 aromatic carbocycles. The second kappa shape index (κ2) is 62.5. The third-order valence-corrected chi connectivity index (χ3v) is 13.6. The lowest BCUT2D eigenvalue weighted by atomic mass is 10.0. The van der Waals surface area contributed by atoms with E-state index in [2.05, 4.69) is 148 Å². The maximum absolute atomic E-state index is 12.9. The number of ether oxygens (including phenoxy) is 4. The quantitative estimate of drug-likeness (QED) is 0.0211. The van der Waals surface area contributed by atoms with Crippen molar-refractivity contribution in [1.29, 1.82) is 0 Å². The van der Waals surface area contributed by atoms with E-state index in [-0.39, 0.29) is 38.6 Å². The summed E-state index contributed by atoms with van der Waals surface area (Å²) in [5.74, 6) is -2.03. The van der Waals surface area contributed by atoms with Gasteiger partial charge in [0.25, 0.3) is 6.29 Å². The summed E-state index contributed by atoms with van der Waals surface area (Å²) in [6, 6.07) is 0. The molecule has 2 unspecified atom stereocenters. The van der Waals surface area contributed by atoms with Crippen LogP contribution in [0.3, 0.4) is 0 Å². The van der Waals surface area contributed by atoms with Gasteiger partial charge < -0.3 is 28.5 Å². The summed E-state index contributed by atoms with van der Waals surface area (Å²) in [6.45, 7) is 4.73. The van der Waals surface area contributed by atoms with Gasteiger partial charge in [-0.05, 0) is 116 Å². The van der Waals surface area contributed by atoms with Crippen LogP contribution in [0.5, 0.6) is 0 Å². The largest absolute Gasteiger partial charge is 0.477 e. The van der Waals surface area contributed by atoms with Crippen molar-refractivity contribution in [3.05, 3.63) is 134 Å². The van der Waals surface area contributed by atoms with Crippen LogP contribution < -0.4 is 0 Å². The molecule has 0 amide bonds. The Labute approximate surface area is 503 Å². The van der Waals surface area contributed by atoms with E-state index >= 15 is 0 Å². The number of nitrogens with zero attached hydrogens (tertiary/aromatic N) is 1. The minimum atomic E-state index is -1.52. The fourth-order valence-electron chi connectivity index (χ4n) is 8.62. The zero-order valence-electron chi connectivity index (χ0n) is 53.1. The van der Waals surface area contributed by atoms with Gasteiger partial charge in [-0.2, -0.15) is 0 Å². The highest BCUT2D eigenvalue weighted by molar-refractivity contribution is 5.71. The number of carbonyl (C=O) groups excluding carboxylic acids is 2. The highest BCUT2D eigenvalue weighted by Gasteiger charge is 2.25. The van der Waals surface area contributed by atoms with Crippen LogP contribution in [0.4, 0.5) is 0 Å². The molecule has 0 rings (SSSR count). The van der Waals surface area contributed by atoms with Crippen LogP contribution in [0.2, 0.25) is 0 Å². The van der Waals surface area contributed by atoms with Gasteiger partial charge in [-0.3, -0.25) is 9.59 Å². The van der Waals surface area contributed by atoms with Gasteiger partial charge in [0, 0.05) is 12.8 Å². The fraction of sp³-hybridized carbons (Fsp3) is 0.658. The Morgan fingerprint density at radius 3 is 1.04 bits per heavy atom. The lowest BCUT2D eigenvalue weighted by Crippen LogP contribution is -2.40. The van der Waals surface area contributed by atoms with Crippen molar-refractivity contribution in [3.63, 3.8) is 0 Å². The summed E-state index contributed by atoms with van der Waals surface area (Å²) >= 11 is 0. The highest BCUT2D eigenvalue weighted by Crippen LogP contribution is 2.15. The second-order valence-corrected chi connectivity index (χ2v) is 22.7. The molecule has 0 saturated heterocycles. The molecular weight excluding hydrogens is 1020 g/mol. The second-order valence-electron chi connectivity index (χ2n) is 22.7. The molecular formula is C73H122NO8+. The molecule has 1 N–H and O–H groups in total. The Bertz CT molecular complexity index is 1810. The van der Waals surface area contributed by atoms with E-state index < -0.39 is 24.3 Å². The predicted molar refractivity (Wildman–Crippen MR) is 350 cm³/mol. The molecule has 0 bridgehead atoms. The van der Waals surface area contributed by atoms with E-state index in [0.717, 1.165) is 122 Å². The molecule has 2 atom stereocenters. The van der Waals surface area contributed by atoms with Crippen LogP contribution in [0, 0.1) is 0 Å². The number of hydrogen-bond acceptors (Lipinski definition) is 7. The number of allylic oxidation sites excluding steroid dienone is 22. The van der Waals surface area contributed by atoms with Crippen LogP contribution in [-0.4, -0.2) is 87.4 Å². The Balaban J connectivity index is 4.16. The van der Waals surface area contributed by atoms with Crippen LogP contribution in [0.15, 0.2) is 134 Å². The molecule has 0 aliphatic rings. The Morgan fingerprint density at radius 1 is 0.378 bits per heavy atom. The van der Waals surface area contributed by atoms with Crippen LogP contribution in [0.1, 0.15) is 251 Å². The van der Waals surface area contributed by atoms with Gasteiger partial charge in [-0.1, -0.05) is 257 Å². The predicted octanol–water partition coefficient (Wildman–Crippen LogP) is 20.2. The molecule has 0 spiro atoms. The lowest BCUT2D eigenvalue weighted by Gasteiger charge is -2.25. The summed E-state index contributed by atoms with van der Waals surface area (Å²) in [4.78, 5) is 37.5. The number of unbranched alkanes of at least 4 members (excludes halogenated alkanes) is 22. The first-order valence-electron chi connectivity index (χ1n) is 32.8. The van der Waals surface area contributed by atoms with Gasteiger partial charge in [0.05, 0.1) is 34.4 Å². The smallest absolute Gasteiger partial charge is 0.361 e. The number of esters is 2. The Morgan fingerprint density at radius 2 is 0.695 bits per heavy atom. The molecule has 0 aromatic rings. The van der Waals surface area contributed by atoms with Crippen molar-refractivity contribution in [2.75, 3.05) is 47.5 Å². The van der Waals surface area contributed by atoms with Gasteiger partial charge in [0.15, 0.2) is 6.10 Å². The summed E-state index contributed by atoms with van der Waals surface area (Å²) in [5, 5.41) is 9.72. The first-order chi connectivity index (χ1) is 40.1. The number of aliphatic carboxylic acids is 1. The topological polar surface area (TPSA) is 108 Å². The first kappa shape index (κ1) is 77.4. The molecule has 0 fully saturated rings. The van der Waals surface area contributed by atoms with E-state index in [0.29, 0.717) is 17.4 Å². The fourth-order valence-corrected chi connectivity index (χ4v) is 8.62. The van der Waals surface area contributed by atoms with Gasteiger partial charge in [-0.15, -0.1) is 0 Å². The highest BCUT2D eigenvalue weighted by atomic mass is 16.7. The van der Waals surface area contributed by atoms with Gasteiger partial charge in [-0.25, -0.2) is 4.79 Å². The SMILES string of the molecule is CC/C=C\C/C=C\C/C=C\C/C=C\C/C=C\C/C=C\C/C=C\C/C=C\C/C=C\CCCCCCCCCCCCCC(=O)OC(COC(=O)CCCCCCCCC/C=C\C/C=C\CCCCCC)COC(OCC[N+](C)(C)C)C(=O)O. The van der Waals surface area contributed by atoms with E-state index in [1.165, 1.54) is 96.3 Å². The lowest BCUT2D eigenvalue weighted by molar-refractivity contribution is -0.870. The average Bonchev–Trinajstić information content (AvgIpc) is 3.45. The molecule has 0 aliphatic carbocycles. The number of carboxylic acid groups (broad SMARTS) is 1.